The van der Waals surface area contributed by atoms with E-state index in [0.29, 0.717) is 0 Å². The van der Waals surface area contributed by atoms with E-state index in [9.17, 15) is 0 Å². The van der Waals surface area contributed by atoms with Crippen molar-refractivity contribution in [1.82, 2.24) is 0 Å². The van der Waals surface area contributed by atoms with E-state index in [2.05, 4.69) is 0 Å². The third-order valence-electron chi connectivity index (χ3n) is 0. The fourth-order valence-electron chi connectivity index (χ4n) is 0. The van der Waals surface area contributed by atoms with Crippen LogP contribution in [0.25, 0.3) is 0 Å². The van der Waals surface area contributed by atoms with Gasteiger partial charge in [0.1, 0.15) is 0 Å². The zero-order valence-electron chi connectivity index (χ0n) is 1.42. The molecule has 0 aliphatic carbocycles. The molecule has 34 valence electrons. The van der Waals surface area contributed by atoms with Gasteiger partial charge < -0.3 is 0 Å². The van der Waals surface area contributed by atoms with Crippen molar-refractivity contribution in [2.45, 2.75) is 0 Å². The van der Waals surface area contributed by atoms with Gasteiger partial charge in [-0.3, -0.25) is 0 Å². The minimum Gasteiger partial charge on any atom is 0 e. The molecule has 0 nitrogen and oxygen atoms in total. The normalized spacial score (nSPS) is 0. The molecule has 0 rings (SSSR count). The Kier molecular flexibility index (Phi) is 173. The molecule has 0 saturated heterocycles. The van der Waals surface area contributed by atoms with E-state index in [4.69, 9.17) is 0 Å². The van der Waals surface area contributed by atoms with Crippen molar-refractivity contribution in [3.8, 4) is 0 Å². The summed E-state index contributed by atoms with van der Waals surface area (Å²) in [4.78, 5) is 0. The Morgan fingerprint density at radius 3 is 1.00 bits per heavy atom. The Morgan fingerprint density at radius 1 is 1.00 bits per heavy atom. The van der Waals surface area contributed by atoms with Crippen molar-refractivity contribution in [3.63, 3.8) is 0 Å². The Labute approximate surface area is 68.6 Å². The van der Waals surface area contributed by atoms with Crippen molar-refractivity contribution >= 4 is 0 Å². The molecule has 4 heteroatoms. The van der Waals surface area contributed by atoms with Crippen LogP contribution < -0.4 is 0 Å². The van der Waals surface area contributed by atoms with Crippen LogP contribution in [0.4, 0.5) is 0 Å². The fourth-order valence-corrected chi connectivity index (χ4v) is 0. The molecule has 0 aromatic carbocycles. The van der Waals surface area contributed by atoms with E-state index in [1.54, 1.807) is 0 Å². The van der Waals surface area contributed by atoms with Crippen LogP contribution in [0.15, 0.2) is 0 Å². The van der Waals surface area contributed by atoms with Gasteiger partial charge in [-0.25, -0.2) is 0 Å². The smallest absolute Gasteiger partial charge is 0 e. The molecule has 2 radical (unpaired) electrons. The van der Waals surface area contributed by atoms with Crippen LogP contribution in [0, 0.1) is 0 Å². The van der Waals surface area contributed by atoms with Gasteiger partial charge in [-0.2, -0.15) is 0 Å². The van der Waals surface area contributed by atoms with Gasteiger partial charge in [-0.1, -0.05) is 0 Å². The first kappa shape index (κ1) is 35.7. The van der Waals surface area contributed by atoms with Gasteiger partial charge in [-0.15, -0.1) is 0 Å². The van der Waals surface area contributed by atoms with E-state index >= 15 is 0 Å². The summed E-state index contributed by atoms with van der Waals surface area (Å²) in [5.74, 6) is 0. The van der Waals surface area contributed by atoms with Crippen LogP contribution in [-0.4, -0.2) is 0 Å². The standard InChI is InChI=1S/Cu.Fe.Ni.V. The summed E-state index contributed by atoms with van der Waals surface area (Å²) in [5.41, 5.74) is 0. The molecule has 0 spiro atoms. The Hall–Kier alpha value is 2.12. The number of rotatable bonds is 0. The molecule has 4 heavy (non-hydrogen) atoms. The molecule has 0 heterocycles. The summed E-state index contributed by atoms with van der Waals surface area (Å²) in [5, 5.41) is 0. The van der Waals surface area contributed by atoms with E-state index in [0.717, 1.165) is 0 Å². The van der Waals surface area contributed by atoms with Gasteiger partial charge in [-0.05, 0) is 0 Å². The topological polar surface area (TPSA) is 0 Å². The van der Waals surface area contributed by atoms with Gasteiger partial charge in [0.2, 0.25) is 0 Å². The number of hydrogen-bond donors (Lipinski definition) is 0. The first-order valence-electron chi connectivity index (χ1n) is 0. The summed E-state index contributed by atoms with van der Waals surface area (Å²) in [6.07, 6.45) is 0. The minimum atomic E-state index is 0. The van der Waals surface area contributed by atoms with Crippen LogP contribution in [0.1, 0.15) is 0 Å². The second kappa shape index (κ2) is 19.4. The summed E-state index contributed by atoms with van der Waals surface area (Å²) >= 11 is 0. The molecule has 0 aromatic heterocycles. The van der Waals surface area contributed by atoms with Gasteiger partial charge in [0.15, 0.2) is 0 Å². The third-order valence-corrected chi connectivity index (χ3v) is 0. The molecule has 0 fully saturated rings. The fraction of sp³-hybridized carbons (Fsp3) is 0. The predicted octanol–water partition coefficient (Wildman–Crippen LogP) is -0.0100. The average molecular weight is 229 g/mol. The molecule has 0 bridgehead atoms. The zero-order valence-corrected chi connectivity index (χ0v) is 5.85. The average Bonchev–Trinajstić information content (AvgIpc) is 0. The molecular weight excluding hydrogens is 229 g/mol. The quantitative estimate of drug-likeness (QED) is 0.512. The Bertz CT molecular complexity index is 8.00. The number of hydrogen-bond acceptors (Lipinski definition) is 0. The maximum Gasteiger partial charge on any atom is 0 e. The van der Waals surface area contributed by atoms with E-state index in [-0.39, 0.29) is 69.2 Å². The van der Waals surface area contributed by atoms with Crippen molar-refractivity contribution in [2.75, 3.05) is 0 Å². The molecule has 0 saturated carbocycles. The zero-order chi connectivity index (χ0) is 0. The summed E-state index contributed by atoms with van der Waals surface area (Å²) in [6, 6.07) is 0. The van der Waals surface area contributed by atoms with E-state index < -0.39 is 0 Å². The second-order valence-corrected chi connectivity index (χ2v) is 0. The maximum absolute atomic E-state index is 0. The minimum absolute atomic E-state index is 0. The molecule has 0 amide bonds. The molecule has 0 aromatic rings. The molecule has 0 atom stereocenters. The second-order valence-electron chi connectivity index (χ2n) is 0. The third kappa shape index (κ3) is 8.93. The van der Waals surface area contributed by atoms with Crippen molar-refractivity contribution in [1.29, 1.82) is 0 Å². The van der Waals surface area contributed by atoms with Crippen molar-refractivity contribution in [3.05, 3.63) is 0 Å². The molecule has 0 N–H and O–H groups in total. The van der Waals surface area contributed by atoms with Crippen LogP contribution in [0.5, 0.6) is 0 Å². The summed E-state index contributed by atoms with van der Waals surface area (Å²) < 4.78 is 0. The molecule has 0 aliphatic rings. The first-order valence-corrected chi connectivity index (χ1v) is 0. The Balaban J connectivity index is 0. The monoisotopic (exact) mass is 228 g/mol. The predicted molar refractivity (Wildman–Crippen MR) is 0 cm³/mol. The van der Waals surface area contributed by atoms with E-state index in [1.807, 2.05) is 0 Å². The molecule has 0 unspecified atom stereocenters. The molecular formula is CuFeNiV. The van der Waals surface area contributed by atoms with Gasteiger partial charge in [0.05, 0.1) is 0 Å². The van der Waals surface area contributed by atoms with Crippen molar-refractivity contribution in [2.24, 2.45) is 0 Å². The SMILES string of the molecule is [Cu].[Fe].[Ni].[V]. The van der Waals surface area contributed by atoms with Gasteiger partial charge >= 0.3 is 0 Å². The summed E-state index contributed by atoms with van der Waals surface area (Å²) in [7, 11) is 0. The van der Waals surface area contributed by atoms with Crippen LogP contribution in [0.2, 0.25) is 0 Å². The molecule has 0 aliphatic heterocycles. The van der Waals surface area contributed by atoms with Crippen LogP contribution >= 0.6 is 0 Å². The Morgan fingerprint density at radius 2 is 1.00 bits per heavy atom. The van der Waals surface area contributed by atoms with Gasteiger partial charge in [0.25, 0.3) is 0 Å². The maximum atomic E-state index is 0. The van der Waals surface area contributed by atoms with Gasteiger partial charge in [0, 0.05) is 69.2 Å². The van der Waals surface area contributed by atoms with E-state index in [1.165, 1.54) is 0 Å². The van der Waals surface area contributed by atoms with Crippen LogP contribution in [-0.2, 0) is 69.2 Å². The first-order chi connectivity index (χ1) is 0. The summed E-state index contributed by atoms with van der Waals surface area (Å²) in [6.45, 7) is 0. The van der Waals surface area contributed by atoms with Crippen LogP contribution in [0.3, 0.4) is 0 Å². The van der Waals surface area contributed by atoms with Crippen molar-refractivity contribution < 1.29 is 69.2 Å². The largest absolute Gasteiger partial charge is 0 e.